The third kappa shape index (κ3) is 2.02. The quantitative estimate of drug-likeness (QED) is 0.464. The highest BCUT2D eigenvalue weighted by Gasteiger charge is 2.20. The summed E-state index contributed by atoms with van der Waals surface area (Å²) in [6, 6.07) is 0.291. The molecule has 0 aliphatic carbocycles. The number of hydrogen-bond acceptors (Lipinski definition) is 2. The van der Waals surface area contributed by atoms with Crippen molar-refractivity contribution in [3.63, 3.8) is 0 Å². The van der Waals surface area contributed by atoms with Gasteiger partial charge in [0.25, 0.3) is 0 Å². The van der Waals surface area contributed by atoms with Crippen molar-refractivity contribution in [3.05, 3.63) is 12.2 Å². The number of hydrazone groups is 1. The highest BCUT2D eigenvalue weighted by molar-refractivity contribution is 6.19. The van der Waals surface area contributed by atoms with Gasteiger partial charge in [-0.1, -0.05) is 6.58 Å². The first-order valence-electron chi connectivity index (χ1n) is 4.17. The summed E-state index contributed by atoms with van der Waals surface area (Å²) in [7, 11) is 1.68. The van der Waals surface area contributed by atoms with Gasteiger partial charge in [0.15, 0.2) is 5.84 Å². The molecule has 4 heteroatoms. The summed E-state index contributed by atoms with van der Waals surface area (Å²) in [5, 5.41) is 5.99. The van der Waals surface area contributed by atoms with Crippen LogP contribution in [0.5, 0.6) is 0 Å². The standard InChI is InChI=1S/C9H14N4/c1-7(2)13-9(11-6-10-4)8(3)5-12-13/h5-7H,3H2,1-2,4H3. The lowest BCUT2D eigenvalue weighted by atomic mass is 10.3. The zero-order valence-electron chi connectivity index (χ0n) is 8.23. The summed E-state index contributed by atoms with van der Waals surface area (Å²) in [5.74, 6) is 0.778. The molecular formula is C9H14N4. The lowest BCUT2D eigenvalue weighted by molar-refractivity contribution is 0.379. The minimum atomic E-state index is 0.291. The van der Waals surface area contributed by atoms with Crippen molar-refractivity contribution in [2.75, 3.05) is 7.05 Å². The van der Waals surface area contributed by atoms with Gasteiger partial charge in [-0.15, -0.1) is 0 Å². The van der Waals surface area contributed by atoms with Crippen LogP contribution in [-0.4, -0.2) is 36.5 Å². The predicted octanol–water partition coefficient (Wildman–Crippen LogP) is 1.31. The lowest BCUT2D eigenvalue weighted by Crippen LogP contribution is -2.29. The minimum Gasteiger partial charge on any atom is -0.277 e. The maximum absolute atomic E-state index is 4.17. The Balaban J connectivity index is 2.88. The van der Waals surface area contributed by atoms with E-state index in [0.29, 0.717) is 6.04 Å². The molecule has 0 saturated carbocycles. The average Bonchev–Trinajstić information content (AvgIpc) is 2.43. The smallest absolute Gasteiger partial charge is 0.159 e. The molecule has 4 nitrogen and oxygen atoms in total. The molecule has 0 atom stereocenters. The Morgan fingerprint density at radius 3 is 2.85 bits per heavy atom. The van der Waals surface area contributed by atoms with E-state index in [4.69, 9.17) is 0 Å². The molecule has 0 amide bonds. The normalized spacial score (nSPS) is 20.2. The Labute approximate surface area is 78.4 Å². The van der Waals surface area contributed by atoms with Crippen molar-refractivity contribution in [1.82, 2.24) is 5.01 Å². The van der Waals surface area contributed by atoms with E-state index >= 15 is 0 Å². The van der Waals surface area contributed by atoms with Gasteiger partial charge < -0.3 is 0 Å². The van der Waals surface area contributed by atoms with Gasteiger partial charge in [-0.05, 0) is 13.8 Å². The van der Waals surface area contributed by atoms with E-state index in [0.717, 1.165) is 11.4 Å². The number of rotatable bonds is 2. The van der Waals surface area contributed by atoms with Crippen molar-refractivity contribution in [3.8, 4) is 0 Å². The molecule has 0 unspecified atom stereocenters. The lowest BCUT2D eigenvalue weighted by Gasteiger charge is -2.18. The van der Waals surface area contributed by atoms with E-state index < -0.39 is 0 Å². The summed E-state index contributed by atoms with van der Waals surface area (Å²) >= 11 is 0. The molecule has 0 N–H and O–H groups in total. The Morgan fingerprint density at radius 2 is 2.31 bits per heavy atom. The minimum absolute atomic E-state index is 0.291. The van der Waals surface area contributed by atoms with E-state index in [2.05, 4.69) is 35.5 Å². The molecule has 0 bridgehead atoms. The van der Waals surface area contributed by atoms with Crippen LogP contribution in [0.2, 0.25) is 0 Å². The predicted molar refractivity (Wildman–Crippen MR) is 56.5 cm³/mol. The van der Waals surface area contributed by atoms with Crippen molar-refractivity contribution >= 4 is 18.4 Å². The van der Waals surface area contributed by atoms with Gasteiger partial charge in [0, 0.05) is 18.7 Å². The first-order valence-corrected chi connectivity index (χ1v) is 4.17. The topological polar surface area (TPSA) is 40.3 Å². The van der Waals surface area contributed by atoms with Crippen molar-refractivity contribution in [2.45, 2.75) is 19.9 Å². The number of nitrogens with zero attached hydrogens (tertiary/aromatic N) is 4. The SMILES string of the molecule is C=C1C=NN(C(C)C)C1=NC=NC. The first kappa shape index (κ1) is 9.64. The zero-order chi connectivity index (χ0) is 9.84. The number of aliphatic imine (C=N–C) groups is 2. The number of hydrogen-bond donors (Lipinski definition) is 0. The fourth-order valence-electron chi connectivity index (χ4n) is 1.02. The third-order valence-corrected chi connectivity index (χ3v) is 1.63. The molecule has 0 fully saturated rings. The van der Waals surface area contributed by atoms with Crippen molar-refractivity contribution in [2.24, 2.45) is 15.1 Å². The average molecular weight is 178 g/mol. The second-order valence-electron chi connectivity index (χ2n) is 3.03. The summed E-state index contributed by atoms with van der Waals surface area (Å²) in [6.45, 7) is 7.94. The maximum Gasteiger partial charge on any atom is 0.159 e. The molecule has 70 valence electrons. The molecule has 0 aromatic carbocycles. The van der Waals surface area contributed by atoms with E-state index in [-0.39, 0.29) is 0 Å². The Morgan fingerprint density at radius 1 is 1.62 bits per heavy atom. The molecule has 1 aliphatic heterocycles. The molecule has 0 radical (unpaired) electrons. The molecule has 1 aliphatic rings. The summed E-state index contributed by atoms with van der Waals surface area (Å²) < 4.78 is 0. The van der Waals surface area contributed by atoms with Crippen LogP contribution in [0.3, 0.4) is 0 Å². The second kappa shape index (κ2) is 3.98. The van der Waals surface area contributed by atoms with Gasteiger partial charge in [0.2, 0.25) is 0 Å². The van der Waals surface area contributed by atoms with Crippen LogP contribution in [0.15, 0.2) is 27.2 Å². The van der Waals surface area contributed by atoms with E-state index in [1.54, 1.807) is 13.3 Å². The van der Waals surface area contributed by atoms with E-state index in [9.17, 15) is 0 Å². The van der Waals surface area contributed by atoms with Gasteiger partial charge >= 0.3 is 0 Å². The van der Waals surface area contributed by atoms with Crippen LogP contribution in [0.1, 0.15) is 13.8 Å². The van der Waals surface area contributed by atoms with Gasteiger partial charge in [-0.3, -0.25) is 4.99 Å². The summed E-state index contributed by atoms with van der Waals surface area (Å²) in [6.07, 6.45) is 3.22. The maximum atomic E-state index is 4.17. The van der Waals surface area contributed by atoms with Crippen LogP contribution < -0.4 is 0 Å². The Hall–Kier alpha value is -1.45. The Bertz CT molecular complexity index is 286. The highest BCUT2D eigenvalue weighted by Crippen LogP contribution is 2.12. The van der Waals surface area contributed by atoms with E-state index in [1.807, 2.05) is 5.01 Å². The summed E-state index contributed by atoms with van der Waals surface area (Å²) in [5.41, 5.74) is 0.827. The monoisotopic (exact) mass is 178 g/mol. The van der Waals surface area contributed by atoms with Crippen LogP contribution in [0, 0.1) is 0 Å². The first-order chi connectivity index (χ1) is 6.16. The Kier molecular flexibility index (Phi) is 2.95. The van der Waals surface area contributed by atoms with Crippen LogP contribution in [0.25, 0.3) is 0 Å². The molecule has 0 spiro atoms. The van der Waals surface area contributed by atoms with E-state index in [1.165, 1.54) is 6.34 Å². The van der Waals surface area contributed by atoms with Gasteiger partial charge in [0.1, 0.15) is 6.34 Å². The zero-order valence-corrected chi connectivity index (χ0v) is 8.23. The molecule has 1 heterocycles. The van der Waals surface area contributed by atoms with Crippen LogP contribution >= 0.6 is 0 Å². The highest BCUT2D eigenvalue weighted by atomic mass is 15.5. The van der Waals surface area contributed by atoms with Gasteiger partial charge in [0.05, 0.1) is 6.21 Å². The molecular weight excluding hydrogens is 164 g/mol. The molecule has 0 saturated heterocycles. The largest absolute Gasteiger partial charge is 0.277 e. The molecule has 13 heavy (non-hydrogen) atoms. The molecule has 1 rings (SSSR count). The van der Waals surface area contributed by atoms with Gasteiger partial charge in [-0.25, -0.2) is 10.0 Å². The molecule has 0 aromatic rings. The van der Waals surface area contributed by atoms with Crippen molar-refractivity contribution < 1.29 is 0 Å². The fourth-order valence-corrected chi connectivity index (χ4v) is 1.02. The molecule has 0 aromatic heterocycles. The number of amidine groups is 1. The summed E-state index contributed by atoms with van der Waals surface area (Å²) in [4.78, 5) is 7.94. The fraction of sp³-hybridized carbons (Fsp3) is 0.444. The van der Waals surface area contributed by atoms with Crippen LogP contribution in [0.4, 0.5) is 0 Å². The van der Waals surface area contributed by atoms with Crippen molar-refractivity contribution in [1.29, 1.82) is 0 Å². The van der Waals surface area contributed by atoms with Crippen LogP contribution in [-0.2, 0) is 0 Å². The second-order valence-corrected chi connectivity index (χ2v) is 3.03. The van der Waals surface area contributed by atoms with Gasteiger partial charge in [-0.2, -0.15) is 5.10 Å². The third-order valence-electron chi connectivity index (χ3n) is 1.63.